The van der Waals surface area contributed by atoms with E-state index in [4.69, 9.17) is 0 Å². The molecule has 4 nitrogen and oxygen atoms in total. The number of benzene rings is 1. The maximum atomic E-state index is 12.9. The van der Waals surface area contributed by atoms with Crippen LogP contribution in [-0.2, 0) is 17.6 Å². The molecule has 0 spiro atoms. The second kappa shape index (κ2) is 7.83. The van der Waals surface area contributed by atoms with Crippen molar-refractivity contribution in [2.45, 2.75) is 39.5 Å². The standard InChI is InChI=1S/C20H24N2O2S/c1-3-11-22(13-19(23)21-16-9-5-4-7-14(16)2)20(24)18-12-15-8-6-10-17(15)25-18/h4-5,7,9,12H,3,6,8,10-11,13H2,1-2H3,(H,21,23). The van der Waals surface area contributed by atoms with E-state index in [1.807, 2.05) is 44.2 Å². The minimum absolute atomic E-state index is 0.0267. The quantitative estimate of drug-likeness (QED) is 0.849. The van der Waals surface area contributed by atoms with Crippen LogP contribution in [0.3, 0.4) is 0 Å². The maximum Gasteiger partial charge on any atom is 0.264 e. The third kappa shape index (κ3) is 4.10. The second-order valence-corrected chi connectivity index (χ2v) is 7.64. The van der Waals surface area contributed by atoms with Crippen molar-refractivity contribution in [3.8, 4) is 0 Å². The number of aryl methyl sites for hydroxylation is 3. The molecule has 1 heterocycles. The number of nitrogens with zero attached hydrogens (tertiary/aromatic N) is 1. The van der Waals surface area contributed by atoms with E-state index in [1.165, 1.54) is 16.9 Å². The van der Waals surface area contributed by atoms with Crippen LogP contribution in [-0.4, -0.2) is 29.8 Å². The smallest absolute Gasteiger partial charge is 0.264 e. The number of carbonyl (C=O) groups is 2. The molecule has 5 heteroatoms. The molecule has 0 fully saturated rings. The molecule has 0 atom stereocenters. The van der Waals surface area contributed by atoms with E-state index in [1.54, 1.807) is 16.2 Å². The fourth-order valence-electron chi connectivity index (χ4n) is 3.19. The van der Waals surface area contributed by atoms with Crippen LogP contribution < -0.4 is 5.32 Å². The minimum atomic E-state index is -0.153. The van der Waals surface area contributed by atoms with Gasteiger partial charge in [-0.25, -0.2) is 0 Å². The van der Waals surface area contributed by atoms with Crippen molar-refractivity contribution >= 4 is 28.8 Å². The van der Waals surface area contributed by atoms with E-state index in [0.29, 0.717) is 6.54 Å². The molecule has 1 aliphatic rings. The lowest BCUT2D eigenvalue weighted by molar-refractivity contribution is -0.116. The van der Waals surface area contributed by atoms with E-state index in [9.17, 15) is 9.59 Å². The van der Waals surface area contributed by atoms with Crippen LogP contribution in [0.25, 0.3) is 0 Å². The van der Waals surface area contributed by atoms with Gasteiger partial charge in [-0.3, -0.25) is 9.59 Å². The number of fused-ring (bicyclic) bond motifs is 1. The highest BCUT2D eigenvalue weighted by atomic mass is 32.1. The molecule has 0 radical (unpaired) electrons. The van der Waals surface area contributed by atoms with Gasteiger partial charge in [0.2, 0.25) is 5.91 Å². The Morgan fingerprint density at radius 1 is 1.24 bits per heavy atom. The van der Waals surface area contributed by atoms with Crippen LogP contribution >= 0.6 is 11.3 Å². The molecule has 1 N–H and O–H groups in total. The number of para-hydroxylation sites is 1. The Morgan fingerprint density at radius 3 is 2.76 bits per heavy atom. The Morgan fingerprint density at radius 2 is 2.04 bits per heavy atom. The van der Waals surface area contributed by atoms with Crippen LogP contribution in [0.15, 0.2) is 30.3 Å². The monoisotopic (exact) mass is 356 g/mol. The normalized spacial score (nSPS) is 12.7. The van der Waals surface area contributed by atoms with Gasteiger partial charge in [-0.15, -0.1) is 11.3 Å². The summed E-state index contributed by atoms with van der Waals surface area (Å²) < 4.78 is 0. The van der Waals surface area contributed by atoms with Gasteiger partial charge < -0.3 is 10.2 Å². The lowest BCUT2D eigenvalue weighted by Gasteiger charge is -2.21. The molecule has 2 amide bonds. The number of thiophene rings is 1. The van der Waals surface area contributed by atoms with Crippen molar-refractivity contribution in [2.24, 2.45) is 0 Å². The van der Waals surface area contributed by atoms with Crippen molar-refractivity contribution < 1.29 is 9.59 Å². The molecule has 1 aliphatic carbocycles. The number of nitrogens with one attached hydrogen (secondary N) is 1. The predicted molar refractivity (Wildman–Crippen MR) is 102 cm³/mol. The van der Waals surface area contributed by atoms with Crippen LogP contribution in [0.4, 0.5) is 5.69 Å². The Balaban J connectivity index is 1.68. The van der Waals surface area contributed by atoms with E-state index < -0.39 is 0 Å². The molecule has 0 saturated heterocycles. The molecule has 25 heavy (non-hydrogen) atoms. The molecular weight excluding hydrogens is 332 g/mol. The van der Waals surface area contributed by atoms with Crippen molar-refractivity contribution in [2.75, 3.05) is 18.4 Å². The number of rotatable bonds is 6. The third-order valence-corrected chi connectivity index (χ3v) is 5.72. The third-order valence-electron chi connectivity index (χ3n) is 4.49. The highest BCUT2D eigenvalue weighted by Gasteiger charge is 2.23. The zero-order chi connectivity index (χ0) is 17.8. The molecule has 2 aromatic rings. The molecule has 0 bridgehead atoms. The molecule has 1 aromatic carbocycles. The van der Waals surface area contributed by atoms with Gasteiger partial charge in [-0.05, 0) is 55.9 Å². The van der Waals surface area contributed by atoms with Gasteiger partial charge in [-0.1, -0.05) is 25.1 Å². The topological polar surface area (TPSA) is 49.4 Å². The van der Waals surface area contributed by atoms with Gasteiger partial charge in [0.15, 0.2) is 0 Å². The van der Waals surface area contributed by atoms with E-state index >= 15 is 0 Å². The van der Waals surface area contributed by atoms with Gasteiger partial charge in [0.25, 0.3) is 5.91 Å². The van der Waals surface area contributed by atoms with Crippen molar-refractivity contribution in [1.29, 1.82) is 0 Å². The summed E-state index contributed by atoms with van der Waals surface area (Å²) >= 11 is 1.59. The molecule has 3 rings (SSSR count). The second-order valence-electron chi connectivity index (χ2n) is 6.50. The molecule has 0 saturated carbocycles. The van der Waals surface area contributed by atoms with Crippen molar-refractivity contribution in [1.82, 2.24) is 4.90 Å². The summed E-state index contributed by atoms with van der Waals surface area (Å²) in [5.74, 6) is -0.179. The summed E-state index contributed by atoms with van der Waals surface area (Å²) in [6.07, 6.45) is 4.16. The van der Waals surface area contributed by atoms with Gasteiger partial charge >= 0.3 is 0 Å². The van der Waals surface area contributed by atoms with Crippen LogP contribution in [0.5, 0.6) is 0 Å². The molecular formula is C20H24N2O2S. The molecule has 0 unspecified atom stereocenters. The van der Waals surface area contributed by atoms with Gasteiger partial charge in [0, 0.05) is 17.1 Å². The Bertz CT molecular complexity index is 760. The van der Waals surface area contributed by atoms with E-state index in [2.05, 4.69) is 5.32 Å². The number of anilines is 1. The zero-order valence-corrected chi connectivity index (χ0v) is 15.6. The lowest BCUT2D eigenvalue weighted by Crippen LogP contribution is -2.38. The van der Waals surface area contributed by atoms with Gasteiger partial charge in [-0.2, -0.15) is 0 Å². The fraction of sp³-hybridized carbons (Fsp3) is 0.400. The average Bonchev–Trinajstić information content (AvgIpc) is 3.17. The molecule has 132 valence electrons. The Hall–Kier alpha value is -2.14. The van der Waals surface area contributed by atoms with Crippen LogP contribution in [0.1, 0.15) is 45.4 Å². The summed E-state index contributed by atoms with van der Waals surface area (Å²) in [5.41, 5.74) is 3.12. The summed E-state index contributed by atoms with van der Waals surface area (Å²) in [6.45, 7) is 4.65. The molecule has 0 aliphatic heterocycles. The first kappa shape index (κ1) is 17.7. The first-order valence-electron chi connectivity index (χ1n) is 8.85. The minimum Gasteiger partial charge on any atom is -0.329 e. The van der Waals surface area contributed by atoms with E-state index in [0.717, 1.165) is 35.4 Å². The number of hydrogen-bond acceptors (Lipinski definition) is 3. The summed E-state index contributed by atoms with van der Waals surface area (Å²) in [4.78, 5) is 29.0. The summed E-state index contributed by atoms with van der Waals surface area (Å²) in [7, 11) is 0. The first-order valence-corrected chi connectivity index (χ1v) is 9.66. The van der Waals surface area contributed by atoms with E-state index in [-0.39, 0.29) is 18.4 Å². The Kier molecular flexibility index (Phi) is 5.53. The van der Waals surface area contributed by atoms with Crippen molar-refractivity contribution in [3.63, 3.8) is 0 Å². The molecule has 1 aromatic heterocycles. The van der Waals surface area contributed by atoms with Gasteiger partial charge in [0.1, 0.15) is 6.54 Å². The number of amides is 2. The summed E-state index contributed by atoms with van der Waals surface area (Å²) in [6, 6.07) is 9.69. The lowest BCUT2D eigenvalue weighted by atomic mass is 10.2. The maximum absolute atomic E-state index is 12.9. The highest BCUT2D eigenvalue weighted by molar-refractivity contribution is 7.14. The number of hydrogen-bond donors (Lipinski definition) is 1. The zero-order valence-electron chi connectivity index (χ0n) is 14.8. The van der Waals surface area contributed by atoms with Crippen LogP contribution in [0, 0.1) is 6.92 Å². The summed E-state index contributed by atoms with van der Waals surface area (Å²) in [5, 5.41) is 2.91. The average molecular weight is 356 g/mol. The predicted octanol–water partition coefficient (Wildman–Crippen LogP) is 4.04. The van der Waals surface area contributed by atoms with Gasteiger partial charge in [0.05, 0.1) is 4.88 Å². The SMILES string of the molecule is CCCN(CC(=O)Nc1ccccc1C)C(=O)c1cc2c(s1)CCC2. The number of carbonyl (C=O) groups excluding carboxylic acids is 2. The van der Waals surface area contributed by atoms with Crippen molar-refractivity contribution in [3.05, 3.63) is 51.2 Å². The fourth-order valence-corrected chi connectivity index (χ4v) is 4.41. The highest BCUT2D eigenvalue weighted by Crippen LogP contribution is 2.31. The largest absolute Gasteiger partial charge is 0.329 e. The first-order chi connectivity index (χ1) is 12.1. The van der Waals surface area contributed by atoms with Crippen LogP contribution in [0.2, 0.25) is 0 Å². The Labute approximate surface area is 152 Å².